The predicted molar refractivity (Wildman–Crippen MR) is 131 cm³/mol. The maximum Gasteiger partial charge on any atom is 0.230 e. The molecule has 1 N–H and O–H groups in total. The number of hydrogen-bond donors (Lipinski definition) is 1. The van der Waals surface area contributed by atoms with Crippen LogP contribution in [0.5, 0.6) is 0 Å². The molecule has 8 nitrogen and oxygen atoms in total. The Hall–Kier alpha value is -4.24. The minimum Gasteiger partial charge on any atom is -0.351 e. The summed E-state index contributed by atoms with van der Waals surface area (Å²) in [7, 11) is 0. The van der Waals surface area contributed by atoms with Crippen molar-refractivity contribution in [1.29, 1.82) is 0 Å². The van der Waals surface area contributed by atoms with E-state index >= 15 is 0 Å². The van der Waals surface area contributed by atoms with E-state index in [-0.39, 0.29) is 11.7 Å². The smallest absolute Gasteiger partial charge is 0.230 e. The number of aromatic nitrogens is 6. The Bertz CT molecular complexity index is 1350. The first-order chi connectivity index (χ1) is 16.8. The van der Waals surface area contributed by atoms with Crippen molar-refractivity contribution in [1.82, 2.24) is 34.8 Å². The SMILES string of the molecule is O=C(CSc1nnc(-c2ccccc2)n1-c1ccccc1)NCc1ccc(-n2cncn2)cc1. The molecule has 0 spiro atoms. The first-order valence-corrected chi connectivity index (χ1v) is 11.7. The number of benzene rings is 3. The summed E-state index contributed by atoms with van der Waals surface area (Å²) in [6.07, 6.45) is 3.14. The van der Waals surface area contributed by atoms with Gasteiger partial charge in [-0.05, 0) is 29.8 Å². The maximum absolute atomic E-state index is 12.6. The van der Waals surface area contributed by atoms with E-state index in [9.17, 15) is 4.79 Å². The fourth-order valence-corrected chi connectivity index (χ4v) is 4.22. The third-order valence-electron chi connectivity index (χ3n) is 5.12. The summed E-state index contributed by atoms with van der Waals surface area (Å²) in [6.45, 7) is 0.442. The summed E-state index contributed by atoms with van der Waals surface area (Å²) < 4.78 is 3.67. The maximum atomic E-state index is 12.6. The standard InChI is InChI=1S/C25H21N7OS/c33-23(27-15-19-11-13-21(14-12-19)31-18-26-17-28-31)16-34-25-30-29-24(20-7-3-1-4-8-20)32(25)22-9-5-2-6-10-22/h1-14,17-18H,15-16H2,(H,27,33). The third-order valence-corrected chi connectivity index (χ3v) is 6.05. The van der Waals surface area contributed by atoms with Crippen LogP contribution in [-0.4, -0.2) is 41.2 Å². The van der Waals surface area contributed by atoms with E-state index in [1.54, 1.807) is 11.0 Å². The fourth-order valence-electron chi connectivity index (χ4n) is 3.44. The van der Waals surface area contributed by atoms with E-state index in [4.69, 9.17) is 0 Å². The summed E-state index contributed by atoms with van der Waals surface area (Å²) in [6, 6.07) is 27.6. The van der Waals surface area contributed by atoms with Crippen LogP contribution in [0.3, 0.4) is 0 Å². The Morgan fingerprint density at radius 1 is 0.853 bits per heavy atom. The van der Waals surface area contributed by atoms with Crippen molar-refractivity contribution in [2.45, 2.75) is 11.7 Å². The van der Waals surface area contributed by atoms with Gasteiger partial charge < -0.3 is 5.32 Å². The lowest BCUT2D eigenvalue weighted by molar-refractivity contribution is -0.118. The Morgan fingerprint density at radius 3 is 2.29 bits per heavy atom. The number of carbonyl (C=O) groups is 1. The lowest BCUT2D eigenvalue weighted by atomic mass is 10.2. The van der Waals surface area contributed by atoms with Gasteiger partial charge in [-0.25, -0.2) is 9.67 Å². The minimum atomic E-state index is -0.0748. The largest absolute Gasteiger partial charge is 0.351 e. The Balaban J connectivity index is 1.25. The van der Waals surface area contributed by atoms with Crippen LogP contribution < -0.4 is 5.32 Å². The lowest BCUT2D eigenvalue weighted by Crippen LogP contribution is -2.24. The van der Waals surface area contributed by atoms with E-state index in [0.29, 0.717) is 11.7 Å². The van der Waals surface area contributed by atoms with Gasteiger partial charge in [0.15, 0.2) is 11.0 Å². The predicted octanol–water partition coefficient (Wildman–Crippen LogP) is 3.92. The van der Waals surface area contributed by atoms with Gasteiger partial charge in [-0.15, -0.1) is 10.2 Å². The summed E-state index contributed by atoms with van der Waals surface area (Å²) in [5.41, 5.74) is 3.82. The molecule has 2 aromatic heterocycles. The zero-order valence-electron chi connectivity index (χ0n) is 18.2. The first-order valence-electron chi connectivity index (χ1n) is 10.7. The van der Waals surface area contributed by atoms with E-state index in [1.165, 1.54) is 18.1 Å². The van der Waals surface area contributed by atoms with Crippen LogP contribution in [0.25, 0.3) is 22.8 Å². The molecule has 0 unspecified atom stereocenters. The minimum absolute atomic E-state index is 0.0748. The van der Waals surface area contributed by atoms with Crippen LogP contribution in [0.1, 0.15) is 5.56 Å². The molecule has 3 aromatic carbocycles. The Labute approximate surface area is 200 Å². The van der Waals surface area contributed by atoms with Gasteiger partial charge in [0.25, 0.3) is 0 Å². The van der Waals surface area contributed by atoms with Crippen molar-refractivity contribution in [2.24, 2.45) is 0 Å². The van der Waals surface area contributed by atoms with Crippen LogP contribution in [-0.2, 0) is 11.3 Å². The normalized spacial score (nSPS) is 10.8. The summed E-state index contributed by atoms with van der Waals surface area (Å²) >= 11 is 1.36. The van der Waals surface area contributed by atoms with E-state index in [1.807, 2.05) is 89.5 Å². The van der Waals surface area contributed by atoms with Gasteiger partial charge in [0.1, 0.15) is 12.7 Å². The second kappa shape index (κ2) is 10.1. The summed E-state index contributed by atoms with van der Waals surface area (Å²) in [5.74, 6) is 0.896. The lowest BCUT2D eigenvalue weighted by Gasteiger charge is -2.10. The molecule has 5 rings (SSSR count). The van der Waals surface area contributed by atoms with Crippen molar-refractivity contribution in [2.75, 3.05) is 5.75 Å². The fraction of sp³-hybridized carbons (Fsp3) is 0.0800. The van der Waals surface area contributed by atoms with Crippen molar-refractivity contribution < 1.29 is 4.79 Å². The number of nitrogens with one attached hydrogen (secondary N) is 1. The van der Waals surface area contributed by atoms with Gasteiger partial charge in [0, 0.05) is 17.8 Å². The molecular formula is C25H21N7OS. The van der Waals surface area contributed by atoms with Crippen LogP contribution in [0.15, 0.2) is 103 Å². The van der Waals surface area contributed by atoms with Gasteiger partial charge >= 0.3 is 0 Å². The molecular weight excluding hydrogens is 446 g/mol. The monoisotopic (exact) mass is 467 g/mol. The molecule has 2 heterocycles. The number of carbonyl (C=O) groups excluding carboxylic acids is 1. The first kappa shape index (κ1) is 21.6. The zero-order chi connectivity index (χ0) is 23.2. The molecule has 9 heteroatoms. The Kier molecular flexibility index (Phi) is 6.44. The quantitative estimate of drug-likeness (QED) is 0.348. The van der Waals surface area contributed by atoms with Gasteiger partial charge in [0.2, 0.25) is 5.91 Å². The van der Waals surface area contributed by atoms with Crippen LogP contribution in [0.4, 0.5) is 0 Å². The van der Waals surface area contributed by atoms with Crippen molar-refractivity contribution in [3.05, 3.63) is 103 Å². The second-order valence-corrected chi connectivity index (χ2v) is 8.36. The molecule has 0 aliphatic rings. The molecule has 5 aromatic rings. The van der Waals surface area contributed by atoms with Crippen LogP contribution >= 0.6 is 11.8 Å². The van der Waals surface area contributed by atoms with Gasteiger partial charge in [-0.2, -0.15) is 5.10 Å². The molecule has 34 heavy (non-hydrogen) atoms. The van der Waals surface area contributed by atoms with Gasteiger partial charge in [-0.1, -0.05) is 72.4 Å². The highest BCUT2D eigenvalue weighted by atomic mass is 32.2. The number of thioether (sulfide) groups is 1. The van der Waals surface area contributed by atoms with Gasteiger partial charge in [0.05, 0.1) is 11.4 Å². The Morgan fingerprint density at radius 2 is 1.59 bits per heavy atom. The van der Waals surface area contributed by atoms with Gasteiger partial charge in [-0.3, -0.25) is 9.36 Å². The number of amides is 1. The van der Waals surface area contributed by atoms with Crippen molar-refractivity contribution >= 4 is 17.7 Å². The van der Waals surface area contributed by atoms with E-state index < -0.39 is 0 Å². The molecule has 0 bridgehead atoms. The molecule has 0 aliphatic carbocycles. The third kappa shape index (κ3) is 4.89. The van der Waals surface area contributed by atoms with Crippen LogP contribution in [0.2, 0.25) is 0 Å². The highest BCUT2D eigenvalue weighted by Gasteiger charge is 2.17. The number of rotatable bonds is 8. The number of para-hydroxylation sites is 1. The topological polar surface area (TPSA) is 90.5 Å². The molecule has 0 fully saturated rings. The van der Waals surface area contributed by atoms with E-state index in [0.717, 1.165) is 28.3 Å². The van der Waals surface area contributed by atoms with Crippen molar-refractivity contribution in [3.63, 3.8) is 0 Å². The van der Waals surface area contributed by atoms with Crippen LogP contribution in [0, 0.1) is 0 Å². The highest BCUT2D eigenvalue weighted by molar-refractivity contribution is 7.99. The molecule has 0 saturated heterocycles. The average Bonchev–Trinajstić information content (AvgIpc) is 3.58. The molecule has 0 atom stereocenters. The molecule has 0 aliphatic heterocycles. The highest BCUT2D eigenvalue weighted by Crippen LogP contribution is 2.27. The number of hydrogen-bond acceptors (Lipinski definition) is 6. The number of nitrogens with zero attached hydrogens (tertiary/aromatic N) is 6. The van der Waals surface area contributed by atoms with Crippen molar-refractivity contribution in [3.8, 4) is 22.8 Å². The molecule has 1 amide bonds. The molecule has 168 valence electrons. The molecule has 0 radical (unpaired) electrons. The summed E-state index contributed by atoms with van der Waals surface area (Å²) in [5, 5.41) is 16.5. The second-order valence-electron chi connectivity index (χ2n) is 7.42. The zero-order valence-corrected chi connectivity index (χ0v) is 19.0. The van der Waals surface area contributed by atoms with E-state index in [2.05, 4.69) is 25.6 Å². The summed E-state index contributed by atoms with van der Waals surface area (Å²) in [4.78, 5) is 16.5. The average molecular weight is 468 g/mol. The molecule has 0 saturated carbocycles.